The fourth-order valence-corrected chi connectivity index (χ4v) is 3.30. The van der Waals surface area contributed by atoms with Gasteiger partial charge in [0.1, 0.15) is 0 Å². The second-order valence-corrected chi connectivity index (χ2v) is 5.51. The number of rotatable bonds is 2. The van der Waals surface area contributed by atoms with Crippen molar-refractivity contribution in [1.82, 2.24) is 10.2 Å². The summed E-state index contributed by atoms with van der Waals surface area (Å²) in [6.07, 6.45) is 4.14. The summed E-state index contributed by atoms with van der Waals surface area (Å²) < 4.78 is 0. The Labute approximate surface area is 104 Å². The van der Waals surface area contributed by atoms with E-state index in [1.807, 2.05) is 0 Å². The first-order chi connectivity index (χ1) is 8.33. The molecule has 1 aromatic carbocycles. The number of aryl methyl sites for hydroxylation is 1. The lowest BCUT2D eigenvalue weighted by Crippen LogP contribution is -2.54. The second kappa shape index (κ2) is 4.79. The largest absolute Gasteiger partial charge is 0.311 e. The molecule has 1 aromatic rings. The maximum absolute atomic E-state index is 3.66. The van der Waals surface area contributed by atoms with Crippen molar-refractivity contribution < 1.29 is 0 Å². The number of piperazine rings is 1. The molecule has 1 N–H and O–H groups in total. The first-order valence-electron chi connectivity index (χ1n) is 6.86. The first kappa shape index (κ1) is 11.2. The molecular weight excluding hydrogens is 208 g/mol. The standard InChI is InChI=1S/C15H22N2/c1-12-5-7-13(8-6-12)11-17-10-9-16-14-3-2-4-15(14)17/h5-8,14-16H,2-4,9-11H2,1H3/t14-,15-/m1/s1. The molecule has 2 aliphatic rings. The summed E-state index contributed by atoms with van der Waals surface area (Å²) in [5.74, 6) is 0. The molecule has 0 bridgehead atoms. The van der Waals surface area contributed by atoms with Crippen LogP contribution >= 0.6 is 0 Å². The maximum atomic E-state index is 3.66. The highest BCUT2D eigenvalue weighted by Crippen LogP contribution is 2.27. The Morgan fingerprint density at radius 3 is 2.88 bits per heavy atom. The van der Waals surface area contributed by atoms with Gasteiger partial charge in [0.25, 0.3) is 0 Å². The number of fused-ring (bicyclic) bond motifs is 1. The van der Waals surface area contributed by atoms with Crippen molar-refractivity contribution in [2.75, 3.05) is 13.1 Å². The van der Waals surface area contributed by atoms with Crippen LogP contribution in [0.1, 0.15) is 30.4 Å². The predicted molar refractivity (Wildman–Crippen MR) is 71.0 cm³/mol. The van der Waals surface area contributed by atoms with Crippen LogP contribution in [0, 0.1) is 6.92 Å². The summed E-state index contributed by atoms with van der Waals surface area (Å²) in [6.45, 7) is 5.65. The van der Waals surface area contributed by atoms with Gasteiger partial charge in [-0.1, -0.05) is 36.2 Å². The fraction of sp³-hybridized carbons (Fsp3) is 0.600. The van der Waals surface area contributed by atoms with Gasteiger partial charge in [-0.05, 0) is 25.3 Å². The minimum atomic E-state index is 0.759. The van der Waals surface area contributed by atoms with Crippen molar-refractivity contribution in [2.24, 2.45) is 0 Å². The molecule has 0 aromatic heterocycles. The average Bonchev–Trinajstić information content (AvgIpc) is 2.81. The SMILES string of the molecule is Cc1ccc(CN2CCN[C@@H]3CCC[C@H]32)cc1. The number of nitrogens with zero attached hydrogens (tertiary/aromatic N) is 1. The van der Waals surface area contributed by atoms with Gasteiger partial charge in [0, 0.05) is 31.7 Å². The molecule has 92 valence electrons. The average molecular weight is 230 g/mol. The Kier molecular flexibility index (Phi) is 3.17. The van der Waals surface area contributed by atoms with Gasteiger partial charge in [-0.15, -0.1) is 0 Å². The Morgan fingerprint density at radius 1 is 1.24 bits per heavy atom. The first-order valence-corrected chi connectivity index (χ1v) is 6.86. The van der Waals surface area contributed by atoms with Crippen LogP contribution in [0.2, 0.25) is 0 Å². The van der Waals surface area contributed by atoms with Gasteiger partial charge in [-0.2, -0.15) is 0 Å². The molecular formula is C15H22N2. The summed E-state index contributed by atoms with van der Waals surface area (Å²) in [4.78, 5) is 2.68. The third-order valence-electron chi connectivity index (χ3n) is 4.26. The number of benzene rings is 1. The van der Waals surface area contributed by atoms with Gasteiger partial charge in [0.05, 0.1) is 0 Å². The lowest BCUT2D eigenvalue weighted by Gasteiger charge is -2.38. The number of hydrogen-bond donors (Lipinski definition) is 1. The van der Waals surface area contributed by atoms with Gasteiger partial charge in [0.15, 0.2) is 0 Å². The van der Waals surface area contributed by atoms with E-state index in [1.54, 1.807) is 0 Å². The summed E-state index contributed by atoms with van der Waals surface area (Å²) >= 11 is 0. The predicted octanol–water partition coefficient (Wildman–Crippen LogP) is 2.32. The van der Waals surface area contributed by atoms with Crippen LogP contribution in [0.4, 0.5) is 0 Å². The van der Waals surface area contributed by atoms with Gasteiger partial charge < -0.3 is 5.32 Å². The van der Waals surface area contributed by atoms with Crippen LogP contribution in [0.5, 0.6) is 0 Å². The van der Waals surface area contributed by atoms with E-state index in [4.69, 9.17) is 0 Å². The minimum absolute atomic E-state index is 0.759. The second-order valence-electron chi connectivity index (χ2n) is 5.51. The van der Waals surface area contributed by atoms with Crippen LogP contribution in [0.25, 0.3) is 0 Å². The van der Waals surface area contributed by atoms with E-state index >= 15 is 0 Å². The molecule has 1 saturated heterocycles. The molecule has 1 saturated carbocycles. The van der Waals surface area contributed by atoms with Gasteiger partial charge in [-0.25, -0.2) is 0 Å². The monoisotopic (exact) mass is 230 g/mol. The molecule has 0 spiro atoms. The highest BCUT2D eigenvalue weighted by Gasteiger charge is 2.34. The van der Waals surface area contributed by atoms with E-state index in [0.717, 1.165) is 25.2 Å². The smallest absolute Gasteiger partial charge is 0.0253 e. The Balaban J connectivity index is 1.69. The van der Waals surface area contributed by atoms with Crippen LogP contribution < -0.4 is 5.32 Å². The highest BCUT2D eigenvalue weighted by molar-refractivity contribution is 5.21. The fourth-order valence-electron chi connectivity index (χ4n) is 3.30. The van der Waals surface area contributed by atoms with Gasteiger partial charge in [-0.3, -0.25) is 4.90 Å². The lowest BCUT2D eigenvalue weighted by atomic mass is 10.1. The molecule has 3 rings (SSSR count). The number of nitrogens with one attached hydrogen (secondary N) is 1. The minimum Gasteiger partial charge on any atom is -0.311 e. The van der Waals surface area contributed by atoms with E-state index in [0.29, 0.717) is 0 Å². The van der Waals surface area contributed by atoms with Crippen LogP contribution in [-0.2, 0) is 6.54 Å². The molecule has 0 amide bonds. The third kappa shape index (κ3) is 2.38. The highest BCUT2D eigenvalue weighted by atomic mass is 15.2. The zero-order chi connectivity index (χ0) is 11.7. The molecule has 17 heavy (non-hydrogen) atoms. The van der Waals surface area contributed by atoms with Crippen molar-refractivity contribution in [3.8, 4) is 0 Å². The molecule has 1 aliphatic carbocycles. The maximum Gasteiger partial charge on any atom is 0.0253 e. The van der Waals surface area contributed by atoms with E-state index in [1.165, 1.54) is 36.9 Å². The lowest BCUT2D eigenvalue weighted by molar-refractivity contribution is 0.129. The Morgan fingerprint density at radius 2 is 2.06 bits per heavy atom. The topological polar surface area (TPSA) is 15.3 Å². The van der Waals surface area contributed by atoms with Crippen molar-refractivity contribution in [3.05, 3.63) is 35.4 Å². The van der Waals surface area contributed by atoms with Crippen molar-refractivity contribution in [1.29, 1.82) is 0 Å². The molecule has 2 fully saturated rings. The van der Waals surface area contributed by atoms with Crippen LogP contribution in [-0.4, -0.2) is 30.1 Å². The summed E-state index contributed by atoms with van der Waals surface area (Å²) in [5.41, 5.74) is 2.82. The summed E-state index contributed by atoms with van der Waals surface area (Å²) in [7, 11) is 0. The molecule has 2 heteroatoms. The van der Waals surface area contributed by atoms with E-state index in [-0.39, 0.29) is 0 Å². The number of hydrogen-bond acceptors (Lipinski definition) is 2. The van der Waals surface area contributed by atoms with E-state index in [9.17, 15) is 0 Å². The Hall–Kier alpha value is -0.860. The quantitative estimate of drug-likeness (QED) is 0.839. The molecule has 2 nitrogen and oxygen atoms in total. The summed E-state index contributed by atoms with van der Waals surface area (Å²) in [5, 5.41) is 3.66. The third-order valence-corrected chi connectivity index (χ3v) is 4.26. The van der Waals surface area contributed by atoms with Crippen molar-refractivity contribution in [3.63, 3.8) is 0 Å². The Bertz CT molecular complexity index is 371. The molecule has 2 atom stereocenters. The molecule has 1 heterocycles. The zero-order valence-corrected chi connectivity index (χ0v) is 10.7. The normalized spacial score (nSPS) is 29.2. The molecule has 1 aliphatic heterocycles. The van der Waals surface area contributed by atoms with E-state index < -0.39 is 0 Å². The van der Waals surface area contributed by atoms with Crippen molar-refractivity contribution in [2.45, 2.75) is 44.8 Å². The zero-order valence-electron chi connectivity index (χ0n) is 10.7. The van der Waals surface area contributed by atoms with E-state index in [2.05, 4.69) is 41.4 Å². The molecule has 0 radical (unpaired) electrons. The van der Waals surface area contributed by atoms with Crippen molar-refractivity contribution >= 4 is 0 Å². The van der Waals surface area contributed by atoms with Crippen LogP contribution in [0.15, 0.2) is 24.3 Å². The van der Waals surface area contributed by atoms with Gasteiger partial charge >= 0.3 is 0 Å². The summed E-state index contributed by atoms with van der Waals surface area (Å²) in [6, 6.07) is 10.6. The van der Waals surface area contributed by atoms with Gasteiger partial charge in [0.2, 0.25) is 0 Å². The van der Waals surface area contributed by atoms with Crippen LogP contribution in [0.3, 0.4) is 0 Å². The molecule has 0 unspecified atom stereocenters.